The molecule has 10 aromatic rings. The summed E-state index contributed by atoms with van der Waals surface area (Å²) >= 11 is 6.19. The average molecular weight is 937 g/mol. The maximum absolute atomic E-state index is 14.8. The normalized spacial score (nSPS) is 10.3. The van der Waals surface area contributed by atoms with Gasteiger partial charge in [0.1, 0.15) is 11.6 Å². The van der Waals surface area contributed by atoms with Crippen molar-refractivity contribution in [3.63, 3.8) is 0 Å². The molecule has 0 radical (unpaired) electrons. The molecule has 0 amide bonds. The summed E-state index contributed by atoms with van der Waals surface area (Å²) in [4.78, 5) is 27.3. The van der Waals surface area contributed by atoms with Crippen LogP contribution < -0.4 is 5.46 Å². The lowest BCUT2D eigenvalue weighted by atomic mass is 9.79. The topological polar surface area (TPSA) is 165 Å². The molecule has 70 heavy (non-hydrogen) atoms. The molecule has 0 aliphatic carbocycles. The highest BCUT2D eigenvalue weighted by Crippen LogP contribution is 2.34. The van der Waals surface area contributed by atoms with Crippen LogP contribution in [-0.4, -0.2) is 47.1 Å². The number of rotatable bonds is 8. The first kappa shape index (κ1) is 47.4. The molecule has 14 heteroatoms. The number of nitriles is 2. The molecule has 10 nitrogen and oxygen atoms in total. The van der Waals surface area contributed by atoms with Crippen LogP contribution in [0, 0.1) is 34.3 Å². The minimum atomic E-state index is -1.88. The summed E-state index contributed by atoms with van der Waals surface area (Å²) in [5.74, 6) is 0.943. The standard InChI is InChI=1S/C28H17FN4.C21H14ClN3.C7H5BFNO2/c29-25-16-15-19(18-30)17-24(25)28-32-26(21-11-5-2-6-12-21)31-27(33-28)23-14-8-7-13-22(23)20-9-3-1-4-10-20;22-21-24-19(16-11-5-2-6-12-16)23-20(25-21)18-14-8-7-13-17(18)15-9-3-1-4-10-15;9-7-2-1-5(4-10)3-6(7)8(11)12/h1-17H;1-14H;1-3,11-12H. The summed E-state index contributed by atoms with van der Waals surface area (Å²) in [7, 11) is -1.88. The minimum Gasteiger partial charge on any atom is -0.423 e. The molecular weight excluding hydrogens is 901 g/mol. The van der Waals surface area contributed by atoms with Gasteiger partial charge in [0.2, 0.25) is 5.28 Å². The van der Waals surface area contributed by atoms with Crippen LogP contribution in [0.5, 0.6) is 0 Å². The Bertz CT molecular complexity index is 3490. The first-order valence-electron chi connectivity index (χ1n) is 21.5. The number of halogens is 3. The van der Waals surface area contributed by atoms with E-state index in [1.165, 1.54) is 24.3 Å². The van der Waals surface area contributed by atoms with Crippen molar-refractivity contribution in [2.45, 2.75) is 0 Å². The third kappa shape index (κ3) is 11.5. The van der Waals surface area contributed by atoms with Crippen molar-refractivity contribution in [3.8, 4) is 91.3 Å². The van der Waals surface area contributed by atoms with Gasteiger partial charge in [-0.2, -0.15) is 20.5 Å². The van der Waals surface area contributed by atoms with Crippen LogP contribution in [0.15, 0.2) is 206 Å². The van der Waals surface area contributed by atoms with Crippen molar-refractivity contribution in [2.24, 2.45) is 0 Å². The Kier molecular flexibility index (Phi) is 15.3. The van der Waals surface area contributed by atoms with Crippen LogP contribution in [0.4, 0.5) is 8.78 Å². The average Bonchev–Trinajstić information content (AvgIpc) is 3.42. The summed E-state index contributed by atoms with van der Waals surface area (Å²) in [6.45, 7) is 0. The number of nitrogens with zero attached hydrogens (tertiary/aromatic N) is 8. The van der Waals surface area contributed by atoms with Gasteiger partial charge in [0, 0.05) is 27.7 Å². The Balaban J connectivity index is 0.000000156. The molecule has 0 saturated carbocycles. The molecule has 2 heterocycles. The predicted octanol–water partition coefficient (Wildman–Crippen LogP) is 11.5. The third-order valence-corrected chi connectivity index (χ3v) is 10.7. The van der Waals surface area contributed by atoms with Crippen LogP contribution in [0.1, 0.15) is 11.1 Å². The van der Waals surface area contributed by atoms with E-state index in [2.05, 4.69) is 43.1 Å². The Morgan fingerprint density at radius 1 is 0.371 bits per heavy atom. The fraction of sp³-hybridized carbons (Fsp3) is 0. The van der Waals surface area contributed by atoms with Crippen LogP contribution in [-0.2, 0) is 0 Å². The van der Waals surface area contributed by atoms with Gasteiger partial charge < -0.3 is 10.0 Å². The van der Waals surface area contributed by atoms with E-state index in [0.717, 1.165) is 56.6 Å². The van der Waals surface area contributed by atoms with Gasteiger partial charge in [0.25, 0.3) is 0 Å². The molecule has 0 bridgehead atoms. The van der Waals surface area contributed by atoms with Gasteiger partial charge in [-0.25, -0.2) is 28.7 Å². The van der Waals surface area contributed by atoms with Gasteiger partial charge >= 0.3 is 7.12 Å². The molecule has 2 N–H and O–H groups in total. The van der Waals surface area contributed by atoms with E-state index in [1.54, 1.807) is 6.07 Å². The Hall–Kier alpha value is -9.11. The Morgan fingerprint density at radius 2 is 0.714 bits per heavy atom. The summed E-state index contributed by atoms with van der Waals surface area (Å²) in [5, 5.41) is 35.1. The molecular formula is C56H36BClF2N8O2. The summed E-state index contributed by atoms with van der Waals surface area (Å²) < 4.78 is 27.5. The second-order valence-corrected chi connectivity index (χ2v) is 15.5. The molecule has 0 aliphatic heterocycles. The first-order valence-corrected chi connectivity index (χ1v) is 21.9. The Morgan fingerprint density at radius 3 is 1.17 bits per heavy atom. The second kappa shape index (κ2) is 22.6. The summed E-state index contributed by atoms with van der Waals surface area (Å²) in [5.41, 5.74) is 7.98. The highest BCUT2D eigenvalue weighted by atomic mass is 35.5. The van der Waals surface area contributed by atoms with Crippen molar-refractivity contribution in [2.75, 3.05) is 0 Å². The van der Waals surface area contributed by atoms with Crippen molar-refractivity contribution < 1.29 is 18.8 Å². The highest BCUT2D eigenvalue weighted by molar-refractivity contribution is 6.58. The molecule has 10 rings (SSSR count). The van der Waals surface area contributed by atoms with Crippen molar-refractivity contribution in [3.05, 3.63) is 234 Å². The number of aromatic nitrogens is 6. The summed E-state index contributed by atoms with van der Waals surface area (Å²) in [6.07, 6.45) is 0. The van der Waals surface area contributed by atoms with E-state index >= 15 is 0 Å². The highest BCUT2D eigenvalue weighted by Gasteiger charge is 2.19. The lowest BCUT2D eigenvalue weighted by Crippen LogP contribution is -2.32. The molecule has 0 unspecified atom stereocenters. The van der Waals surface area contributed by atoms with Gasteiger partial charge in [0.05, 0.1) is 28.8 Å². The number of benzene rings is 8. The van der Waals surface area contributed by atoms with E-state index in [9.17, 15) is 14.0 Å². The van der Waals surface area contributed by atoms with Gasteiger partial charge in [0.15, 0.2) is 29.1 Å². The van der Waals surface area contributed by atoms with Gasteiger partial charge in [-0.3, -0.25) is 0 Å². The van der Waals surface area contributed by atoms with Crippen molar-refractivity contribution in [1.82, 2.24) is 29.9 Å². The number of hydrogen-bond acceptors (Lipinski definition) is 10. The van der Waals surface area contributed by atoms with Crippen LogP contribution in [0.3, 0.4) is 0 Å². The number of hydrogen-bond donors (Lipinski definition) is 2. The molecule has 0 spiro atoms. The van der Waals surface area contributed by atoms with E-state index < -0.39 is 18.8 Å². The van der Waals surface area contributed by atoms with E-state index in [4.69, 9.17) is 31.9 Å². The van der Waals surface area contributed by atoms with Gasteiger partial charge in [-0.05, 0) is 70.3 Å². The largest absolute Gasteiger partial charge is 0.491 e. The third-order valence-electron chi connectivity index (χ3n) is 10.6. The predicted molar refractivity (Wildman–Crippen MR) is 268 cm³/mol. The summed E-state index contributed by atoms with van der Waals surface area (Å²) in [6, 6.07) is 66.6. The Labute approximate surface area is 407 Å². The quantitative estimate of drug-likeness (QED) is 0.140. The maximum Gasteiger partial charge on any atom is 0.491 e. The molecule has 0 aliphatic rings. The van der Waals surface area contributed by atoms with Gasteiger partial charge in [-0.1, -0.05) is 170 Å². The van der Waals surface area contributed by atoms with Crippen LogP contribution >= 0.6 is 11.6 Å². The SMILES string of the molecule is Clc1nc(-c2ccccc2)nc(-c2ccccc2-c2ccccc2)n1.N#Cc1ccc(F)c(-c2nc(-c3ccccc3)nc(-c3ccccc3-c3ccccc3)n2)c1.N#Cc1ccc(F)c(B(O)O)c1. The van der Waals surface area contributed by atoms with Crippen molar-refractivity contribution >= 4 is 24.2 Å². The second-order valence-electron chi connectivity index (χ2n) is 15.1. The molecule has 0 saturated heterocycles. The molecule has 0 atom stereocenters. The van der Waals surface area contributed by atoms with Gasteiger partial charge in [-0.15, -0.1) is 0 Å². The molecule has 8 aromatic carbocycles. The monoisotopic (exact) mass is 936 g/mol. The fourth-order valence-electron chi connectivity index (χ4n) is 7.19. The zero-order valence-electron chi connectivity index (χ0n) is 36.8. The smallest absolute Gasteiger partial charge is 0.423 e. The van der Waals surface area contributed by atoms with Crippen LogP contribution in [0.2, 0.25) is 5.28 Å². The molecule has 0 fully saturated rings. The zero-order valence-corrected chi connectivity index (χ0v) is 37.6. The zero-order chi connectivity index (χ0) is 48.8. The molecule has 336 valence electrons. The minimum absolute atomic E-state index is 0.159. The van der Waals surface area contributed by atoms with Crippen LogP contribution in [0.25, 0.3) is 79.2 Å². The molecule has 2 aromatic heterocycles. The first-order chi connectivity index (χ1) is 34.2. The lowest BCUT2D eigenvalue weighted by Gasteiger charge is -2.12. The fourth-order valence-corrected chi connectivity index (χ4v) is 7.35. The van der Waals surface area contributed by atoms with E-state index in [1.807, 2.05) is 158 Å². The maximum atomic E-state index is 14.8. The van der Waals surface area contributed by atoms with E-state index in [-0.39, 0.29) is 27.7 Å². The van der Waals surface area contributed by atoms with Crippen molar-refractivity contribution in [1.29, 1.82) is 10.5 Å². The lowest BCUT2D eigenvalue weighted by molar-refractivity contribution is 0.423. The van der Waals surface area contributed by atoms with E-state index in [0.29, 0.717) is 28.9 Å².